The number of thiazole rings is 1. The summed E-state index contributed by atoms with van der Waals surface area (Å²) in [5.74, 6) is 2.43. The molecule has 1 aromatic carbocycles. The number of rotatable bonds is 7. The summed E-state index contributed by atoms with van der Waals surface area (Å²) in [7, 11) is 1.91. The van der Waals surface area contributed by atoms with E-state index >= 15 is 0 Å². The van der Waals surface area contributed by atoms with Gasteiger partial charge in [0.25, 0.3) is 5.91 Å². The van der Waals surface area contributed by atoms with Gasteiger partial charge in [0, 0.05) is 61.5 Å². The average Bonchev–Trinajstić information content (AvgIpc) is 3.59. The van der Waals surface area contributed by atoms with Crippen molar-refractivity contribution in [3.8, 4) is 12.3 Å². The Labute approximate surface area is 227 Å². The predicted octanol–water partition coefficient (Wildman–Crippen LogP) is 4.57. The summed E-state index contributed by atoms with van der Waals surface area (Å²) in [6.07, 6.45) is 11.5. The van der Waals surface area contributed by atoms with Crippen LogP contribution in [-0.2, 0) is 13.0 Å². The van der Waals surface area contributed by atoms with Gasteiger partial charge in [-0.1, -0.05) is 31.0 Å². The zero-order chi connectivity index (χ0) is 27.1. The number of aromatic nitrogens is 3. The zero-order valence-corrected chi connectivity index (χ0v) is 22.7. The molecule has 0 aliphatic carbocycles. The largest absolute Gasteiger partial charge is 0.365 e. The molecule has 0 bridgehead atoms. The van der Waals surface area contributed by atoms with Crippen LogP contribution in [0, 0.1) is 12.3 Å². The van der Waals surface area contributed by atoms with E-state index in [4.69, 9.17) is 6.42 Å². The van der Waals surface area contributed by atoms with Crippen LogP contribution >= 0.6 is 11.3 Å². The fourth-order valence-corrected chi connectivity index (χ4v) is 5.47. The highest BCUT2D eigenvalue weighted by Gasteiger charge is 2.25. The Morgan fingerprint density at radius 1 is 1.29 bits per heavy atom. The molecule has 1 amide bonds. The second-order valence-electron chi connectivity index (χ2n) is 8.82. The molecule has 1 unspecified atom stereocenters. The van der Waals surface area contributed by atoms with Crippen molar-refractivity contribution in [3.05, 3.63) is 81.7 Å². The maximum Gasteiger partial charge on any atom is 0.274 e. The summed E-state index contributed by atoms with van der Waals surface area (Å²) in [5, 5.41) is 7.43. The van der Waals surface area contributed by atoms with Crippen LogP contribution in [0.3, 0.4) is 0 Å². The minimum atomic E-state index is -0.146. The van der Waals surface area contributed by atoms with Gasteiger partial charge in [-0.3, -0.25) is 9.59 Å². The molecule has 4 aromatic rings. The van der Waals surface area contributed by atoms with Crippen molar-refractivity contribution >= 4 is 34.3 Å². The Bertz CT molecular complexity index is 1440. The number of amides is 1. The lowest BCUT2D eigenvalue weighted by Crippen LogP contribution is -2.34. The third-order valence-electron chi connectivity index (χ3n) is 6.45. The highest BCUT2D eigenvalue weighted by molar-refractivity contribution is 7.15. The second kappa shape index (κ2) is 12.5. The van der Waals surface area contributed by atoms with Gasteiger partial charge in [0.1, 0.15) is 17.6 Å². The van der Waals surface area contributed by atoms with Gasteiger partial charge in [0.2, 0.25) is 0 Å². The molecule has 1 aliphatic rings. The molecule has 0 saturated heterocycles. The fraction of sp³-hybridized carbons (Fsp3) is 0.310. The number of anilines is 1. The number of nitrogens with one attached hydrogen (secondary N) is 2. The van der Waals surface area contributed by atoms with Crippen molar-refractivity contribution in [3.63, 3.8) is 0 Å². The molecule has 2 N–H and O–H groups in total. The standard InChI is InChI=1S/C22H21N3O2.C7H11N3S/c1-4-16-10-11-21-23-19(14-24(21)13-16)22(27)25(6-3)20(5-2)18-9-7-8-17(12-18)15-26;1-8-7-10-5-2-3-9-4-6(5)11-7/h1,7-15,20H,5-6H2,2-3H3;9H,2-4H2,1H3,(H,8,10). The number of fused-ring (bicyclic) bond motifs is 2. The van der Waals surface area contributed by atoms with Crippen molar-refractivity contribution in [2.75, 3.05) is 25.5 Å². The molecule has 8 nitrogen and oxygen atoms in total. The van der Waals surface area contributed by atoms with E-state index in [2.05, 4.69) is 26.5 Å². The van der Waals surface area contributed by atoms with E-state index in [1.54, 1.807) is 51.2 Å². The molecular weight excluding hydrogens is 496 g/mol. The van der Waals surface area contributed by atoms with Crippen molar-refractivity contribution in [1.29, 1.82) is 0 Å². The van der Waals surface area contributed by atoms with Crippen LogP contribution < -0.4 is 10.6 Å². The van der Waals surface area contributed by atoms with E-state index in [-0.39, 0.29) is 11.9 Å². The predicted molar refractivity (Wildman–Crippen MR) is 152 cm³/mol. The lowest BCUT2D eigenvalue weighted by atomic mass is 10.00. The number of carbonyl (C=O) groups is 2. The van der Waals surface area contributed by atoms with Gasteiger partial charge < -0.3 is 19.9 Å². The number of hydrogen-bond acceptors (Lipinski definition) is 7. The van der Waals surface area contributed by atoms with Crippen LogP contribution in [0.25, 0.3) is 5.65 Å². The van der Waals surface area contributed by atoms with E-state index in [1.807, 2.05) is 39.1 Å². The molecule has 4 heterocycles. The first-order chi connectivity index (χ1) is 18.5. The minimum absolute atomic E-state index is 0.131. The lowest BCUT2D eigenvalue weighted by molar-refractivity contribution is 0.0677. The summed E-state index contributed by atoms with van der Waals surface area (Å²) in [6.45, 7) is 6.56. The van der Waals surface area contributed by atoms with Gasteiger partial charge in [-0.2, -0.15) is 0 Å². The van der Waals surface area contributed by atoms with Gasteiger partial charge in [0.15, 0.2) is 5.13 Å². The van der Waals surface area contributed by atoms with Crippen LogP contribution in [-0.4, -0.2) is 51.6 Å². The second-order valence-corrected chi connectivity index (χ2v) is 9.91. The Balaban J connectivity index is 0.000000253. The SMILES string of the molecule is C#Cc1ccc2nc(C(=O)N(CC)C(CC)c3cccc(C=O)c3)cn2c1.CNc1nc2c(s1)CNCC2. The van der Waals surface area contributed by atoms with Crippen molar-refractivity contribution in [2.45, 2.75) is 39.3 Å². The molecule has 0 radical (unpaired) electrons. The lowest BCUT2D eigenvalue weighted by Gasteiger charge is -2.30. The van der Waals surface area contributed by atoms with E-state index in [0.717, 1.165) is 48.5 Å². The number of carbonyl (C=O) groups excluding carboxylic acids is 2. The van der Waals surface area contributed by atoms with Gasteiger partial charge in [-0.05, 0) is 37.1 Å². The maximum atomic E-state index is 13.2. The first-order valence-electron chi connectivity index (χ1n) is 12.7. The Kier molecular flexibility index (Phi) is 8.89. The Morgan fingerprint density at radius 3 is 2.82 bits per heavy atom. The number of pyridine rings is 1. The van der Waals surface area contributed by atoms with E-state index in [9.17, 15) is 9.59 Å². The third-order valence-corrected chi connectivity index (χ3v) is 7.56. The highest BCUT2D eigenvalue weighted by atomic mass is 32.1. The summed E-state index contributed by atoms with van der Waals surface area (Å²) in [6, 6.07) is 10.8. The monoisotopic (exact) mass is 528 g/mol. The van der Waals surface area contributed by atoms with Crippen LogP contribution in [0.1, 0.15) is 68.9 Å². The molecule has 3 aromatic heterocycles. The molecular formula is C29H32N6O2S. The third kappa shape index (κ3) is 5.93. The smallest absolute Gasteiger partial charge is 0.274 e. The summed E-state index contributed by atoms with van der Waals surface area (Å²) < 4.78 is 1.77. The molecule has 0 fully saturated rings. The topological polar surface area (TPSA) is 91.6 Å². The summed E-state index contributed by atoms with van der Waals surface area (Å²) in [4.78, 5) is 36.3. The first-order valence-corrected chi connectivity index (χ1v) is 13.5. The van der Waals surface area contributed by atoms with Gasteiger partial charge in [-0.25, -0.2) is 9.97 Å². The highest BCUT2D eigenvalue weighted by Crippen LogP contribution is 2.27. The Morgan fingerprint density at radius 2 is 2.13 bits per heavy atom. The zero-order valence-electron chi connectivity index (χ0n) is 21.9. The van der Waals surface area contributed by atoms with Crippen molar-refractivity contribution in [1.82, 2.24) is 24.6 Å². The number of nitrogens with zero attached hydrogens (tertiary/aromatic N) is 4. The number of imidazole rings is 1. The van der Waals surface area contributed by atoms with E-state index in [0.29, 0.717) is 23.4 Å². The quantitative estimate of drug-likeness (QED) is 0.270. The normalized spacial score (nSPS) is 13.0. The fourth-order valence-electron chi connectivity index (χ4n) is 4.54. The van der Waals surface area contributed by atoms with Gasteiger partial charge in [0.05, 0.1) is 11.7 Å². The molecule has 5 rings (SSSR count). The summed E-state index contributed by atoms with van der Waals surface area (Å²) >= 11 is 1.75. The first kappa shape index (κ1) is 27.0. The molecule has 1 atom stereocenters. The molecule has 196 valence electrons. The molecule has 0 saturated carbocycles. The van der Waals surface area contributed by atoms with Gasteiger partial charge >= 0.3 is 0 Å². The Hall–Kier alpha value is -4.00. The number of terminal acetylenes is 1. The number of hydrogen-bond donors (Lipinski definition) is 2. The van der Waals surface area contributed by atoms with Crippen molar-refractivity contribution < 1.29 is 9.59 Å². The maximum absolute atomic E-state index is 13.2. The molecule has 1 aliphatic heterocycles. The minimum Gasteiger partial charge on any atom is -0.365 e. The van der Waals surface area contributed by atoms with Crippen LogP contribution in [0.15, 0.2) is 48.8 Å². The van der Waals surface area contributed by atoms with Crippen molar-refractivity contribution in [2.24, 2.45) is 0 Å². The number of benzene rings is 1. The molecule has 38 heavy (non-hydrogen) atoms. The summed E-state index contributed by atoms with van der Waals surface area (Å²) in [5.41, 5.74) is 4.58. The van der Waals surface area contributed by atoms with Gasteiger partial charge in [-0.15, -0.1) is 17.8 Å². The number of aldehydes is 1. The van der Waals surface area contributed by atoms with E-state index in [1.165, 1.54) is 10.6 Å². The van der Waals surface area contributed by atoms with Crippen LogP contribution in [0.4, 0.5) is 5.13 Å². The molecule has 0 spiro atoms. The molecule has 9 heteroatoms. The van der Waals surface area contributed by atoms with Crippen LogP contribution in [0.5, 0.6) is 0 Å². The van der Waals surface area contributed by atoms with E-state index < -0.39 is 0 Å². The average molecular weight is 529 g/mol. The van der Waals surface area contributed by atoms with Crippen LogP contribution in [0.2, 0.25) is 0 Å².